The van der Waals surface area contributed by atoms with Crippen LogP contribution >= 0.6 is 11.3 Å². The summed E-state index contributed by atoms with van der Waals surface area (Å²) in [6.45, 7) is 2.73. The lowest BCUT2D eigenvalue weighted by Gasteiger charge is -2.32. The molecule has 6 heteroatoms. The van der Waals surface area contributed by atoms with Gasteiger partial charge in [0.25, 0.3) is 0 Å². The molecule has 5 nitrogen and oxygen atoms in total. The van der Waals surface area contributed by atoms with Crippen LogP contribution in [0.1, 0.15) is 30.7 Å². The van der Waals surface area contributed by atoms with Crippen LogP contribution in [0.2, 0.25) is 0 Å². The molecule has 128 valence electrons. The molecular formula is C18H23N3O2S. The Morgan fingerprint density at radius 1 is 1.25 bits per heavy atom. The molecule has 0 spiro atoms. The van der Waals surface area contributed by atoms with Gasteiger partial charge in [-0.2, -0.15) is 0 Å². The Balaban J connectivity index is 1.18. The number of carbonyl (C=O) groups excluding carboxylic acids is 1. The third-order valence-corrected chi connectivity index (χ3v) is 5.76. The molecule has 0 atom stereocenters. The topological polar surface area (TPSA) is 54.5 Å². The monoisotopic (exact) mass is 345 g/mol. The molecule has 24 heavy (non-hydrogen) atoms. The number of hydrogen-bond donors (Lipinski definition) is 1. The van der Waals surface area contributed by atoms with Crippen molar-refractivity contribution >= 4 is 27.5 Å². The fourth-order valence-electron chi connectivity index (χ4n) is 3.33. The molecule has 2 fully saturated rings. The number of para-hydroxylation sites is 1. The van der Waals surface area contributed by atoms with E-state index < -0.39 is 0 Å². The molecular weight excluding hydrogens is 322 g/mol. The molecule has 1 N–H and O–H groups in total. The zero-order chi connectivity index (χ0) is 16.4. The van der Waals surface area contributed by atoms with E-state index in [4.69, 9.17) is 4.74 Å². The largest absolute Gasteiger partial charge is 0.364 e. The maximum Gasteiger partial charge on any atom is 0.246 e. The van der Waals surface area contributed by atoms with Crippen LogP contribution in [0.4, 0.5) is 0 Å². The van der Waals surface area contributed by atoms with Crippen LogP contribution in [0.3, 0.4) is 0 Å². The van der Waals surface area contributed by atoms with E-state index in [1.54, 1.807) is 11.3 Å². The number of nitrogens with one attached hydrogen (secondary N) is 1. The zero-order valence-corrected chi connectivity index (χ0v) is 14.6. The predicted molar refractivity (Wildman–Crippen MR) is 95.0 cm³/mol. The first kappa shape index (κ1) is 16.0. The number of ether oxygens (including phenoxy) is 1. The summed E-state index contributed by atoms with van der Waals surface area (Å²) in [6.07, 6.45) is 4.83. The summed E-state index contributed by atoms with van der Waals surface area (Å²) < 4.78 is 6.70. The minimum Gasteiger partial charge on any atom is -0.364 e. The minimum atomic E-state index is -0.0130. The van der Waals surface area contributed by atoms with E-state index in [0.717, 1.165) is 47.2 Å². The average molecular weight is 345 g/mol. The molecule has 1 saturated heterocycles. The third kappa shape index (κ3) is 3.94. The Kier molecular flexibility index (Phi) is 4.78. The van der Waals surface area contributed by atoms with Crippen LogP contribution in [-0.4, -0.2) is 47.6 Å². The van der Waals surface area contributed by atoms with E-state index in [2.05, 4.69) is 21.3 Å². The first-order valence-corrected chi connectivity index (χ1v) is 9.55. The van der Waals surface area contributed by atoms with Crippen LogP contribution in [-0.2, 0) is 16.1 Å². The second kappa shape index (κ2) is 7.17. The molecule has 2 aliphatic rings. The molecule has 0 bridgehead atoms. The molecule has 0 unspecified atom stereocenters. The number of amides is 1. The van der Waals surface area contributed by atoms with E-state index in [-0.39, 0.29) is 12.5 Å². The van der Waals surface area contributed by atoms with Gasteiger partial charge < -0.3 is 15.0 Å². The summed E-state index contributed by atoms with van der Waals surface area (Å²) in [6, 6.07) is 9.17. The first-order chi connectivity index (χ1) is 11.8. The highest BCUT2D eigenvalue weighted by atomic mass is 32.1. The lowest BCUT2D eigenvalue weighted by Crippen LogP contribution is -2.46. The first-order valence-electron chi connectivity index (χ1n) is 8.73. The lowest BCUT2D eigenvalue weighted by atomic mass is 10.0. The molecule has 4 rings (SSSR count). The van der Waals surface area contributed by atoms with Gasteiger partial charge >= 0.3 is 0 Å². The summed E-state index contributed by atoms with van der Waals surface area (Å²) in [7, 11) is 0. The zero-order valence-electron chi connectivity index (χ0n) is 13.7. The summed E-state index contributed by atoms with van der Waals surface area (Å²) in [5, 5.41) is 4.02. The van der Waals surface area contributed by atoms with Gasteiger partial charge in [0.1, 0.15) is 11.6 Å². The van der Waals surface area contributed by atoms with Crippen molar-refractivity contribution in [1.29, 1.82) is 0 Å². The number of benzene rings is 1. The number of rotatable bonds is 6. The number of hydrogen-bond acceptors (Lipinski definition) is 5. The predicted octanol–water partition coefficient (Wildman–Crippen LogP) is 2.56. The smallest absolute Gasteiger partial charge is 0.246 e. The number of carbonyl (C=O) groups is 1. The van der Waals surface area contributed by atoms with Crippen LogP contribution in [0, 0.1) is 0 Å². The number of nitrogens with zero attached hydrogens (tertiary/aromatic N) is 2. The van der Waals surface area contributed by atoms with E-state index in [0.29, 0.717) is 12.6 Å². The normalized spacial score (nSPS) is 19.7. The average Bonchev–Trinajstić information content (AvgIpc) is 3.35. The van der Waals surface area contributed by atoms with Gasteiger partial charge in [-0.25, -0.2) is 4.98 Å². The van der Waals surface area contributed by atoms with Gasteiger partial charge in [0.15, 0.2) is 0 Å². The van der Waals surface area contributed by atoms with Crippen molar-refractivity contribution in [3.63, 3.8) is 0 Å². The standard InChI is InChI=1S/C18H23N3O2S/c22-17(19-13-7-9-21(10-8-13)14-5-6-14)11-23-12-18-20-15-3-1-2-4-16(15)24-18/h1-4,13-14H,5-12H2,(H,19,22). The molecule has 0 radical (unpaired) electrons. The number of likely N-dealkylation sites (tertiary alicyclic amines) is 1. The summed E-state index contributed by atoms with van der Waals surface area (Å²) in [4.78, 5) is 19.1. The van der Waals surface area contributed by atoms with Crippen LogP contribution in [0.5, 0.6) is 0 Å². The number of thiazole rings is 1. The third-order valence-electron chi connectivity index (χ3n) is 4.75. The van der Waals surface area contributed by atoms with Crippen LogP contribution < -0.4 is 5.32 Å². The van der Waals surface area contributed by atoms with Gasteiger partial charge in [0.05, 0.1) is 16.8 Å². The fourth-order valence-corrected chi connectivity index (χ4v) is 4.24. The van der Waals surface area contributed by atoms with Gasteiger partial charge in [0.2, 0.25) is 5.91 Å². The van der Waals surface area contributed by atoms with Gasteiger partial charge in [0, 0.05) is 25.2 Å². The molecule has 1 aliphatic carbocycles. The number of piperidine rings is 1. The maximum absolute atomic E-state index is 12.0. The number of fused-ring (bicyclic) bond motifs is 1. The Labute approximate surface area is 146 Å². The Bertz CT molecular complexity index is 672. The van der Waals surface area contributed by atoms with Crippen molar-refractivity contribution in [2.45, 2.75) is 44.4 Å². The molecule has 1 aromatic carbocycles. The summed E-state index contributed by atoms with van der Waals surface area (Å²) in [5.41, 5.74) is 0.993. The summed E-state index contributed by atoms with van der Waals surface area (Å²) in [5.74, 6) is -0.0130. The highest BCUT2D eigenvalue weighted by Crippen LogP contribution is 2.29. The van der Waals surface area contributed by atoms with E-state index in [9.17, 15) is 4.79 Å². The van der Waals surface area contributed by atoms with E-state index in [1.807, 2.05) is 18.2 Å². The highest BCUT2D eigenvalue weighted by Gasteiger charge is 2.32. The van der Waals surface area contributed by atoms with E-state index >= 15 is 0 Å². The van der Waals surface area contributed by atoms with Gasteiger partial charge in [-0.3, -0.25) is 4.79 Å². The van der Waals surface area contributed by atoms with Crippen molar-refractivity contribution in [3.05, 3.63) is 29.3 Å². The minimum absolute atomic E-state index is 0.0130. The molecule has 2 aromatic rings. The maximum atomic E-state index is 12.0. The second-order valence-electron chi connectivity index (χ2n) is 6.68. The highest BCUT2D eigenvalue weighted by molar-refractivity contribution is 7.18. The van der Waals surface area contributed by atoms with Gasteiger partial charge in [-0.1, -0.05) is 12.1 Å². The van der Waals surface area contributed by atoms with Gasteiger partial charge in [-0.15, -0.1) is 11.3 Å². The quantitative estimate of drug-likeness (QED) is 0.874. The SMILES string of the molecule is O=C(COCc1nc2ccccc2s1)NC1CCN(C2CC2)CC1. The van der Waals surface area contributed by atoms with Crippen molar-refractivity contribution in [1.82, 2.24) is 15.2 Å². The lowest BCUT2D eigenvalue weighted by molar-refractivity contribution is -0.127. The van der Waals surface area contributed by atoms with Crippen molar-refractivity contribution in [3.8, 4) is 0 Å². The summed E-state index contributed by atoms with van der Waals surface area (Å²) >= 11 is 1.62. The van der Waals surface area contributed by atoms with Crippen LogP contribution in [0.25, 0.3) is 10.2 Å². The Morgan fingerprint density at radius 2 is 2.04 bits per heavy atom. The Morgan fingerprint density at radius 3 is 2.79 bits per heavy atom. The van der Waals surface area contributed by atoms with Crippen molar-refractivity contribution in [2.24, 2.45) is 0 Å². The molecule has 1 amide bonds. The number of aromatic nitrogens is 1. The van der Waals surface area contributed by atoms with E-state index in [1.165, 1.54) is 12.8 Å². The molecule has 1 aromatic heterocycles. The fraction of sp³-hybridized carbons (Fsp3) is 0.556. The molecule has 2 heterocycles. The Hall–Kier alpha value is -1.50. The van der Waals surface area contributed by atoms with Crippen LogP contribution in [0.15, 0.2) is 24.3 Å². The second-order valence-corrected chi connectivity index (χ2v) is 7.79. The van der Waals surface area contributed by atoms with Gasteiger partial charge in [-0.05, 0) is 37.8 Å². The van der Waals surface area contributed by atoms with Crippen molar-refractivity contribution < 1.29 is 9.53 Å². The van der Waals surface area contributed by atoms with Crippen molar-refractivity contribution in [2.75, 3.05) is 19.7 Å². The molecule has 1 saturated carbocycles. The molecule has 1 aliphatic heterocycles.